The third-order valence-corrected chi connectivity index (χ3v) is 7.64. The third kappa shape index (κ3) is 5.03. The van der Waals surface area contributed by atoms with Crippen molar-refractivity contribution >= 4 is 23.5 Å². The van der Waals surface area contributed by atoms with Gasteiger partial charge in [0.1, 0.15) is 0 Å². The molecule has 1 aromatic heterocycles. The zero-order valence-electron chi connectivity index (χ0n) is 18.6. The number of morpholine rings is 1. The molecule has 1 aromatic carbocycles. The molecule has 3 fully saturated rings. The number of nitrogens with zero attached hydrogens (tertiary/aromatic N) is 5. The molecular weight excluding hydrogens is 426 g/mol. The van der Waals surface area contributed by atoms with Crippen molar-refractivity contribution in [1.82, 2.24) is 25.0 Å². The minimum atomic E-state index is 0.386. The van der Waals surface area contributed by atoms with Crippen LogP contribution in [0.1, 0.15) is 31.2 Å². The third-order valence-electron chi connectivity index (χ3n) is 7.38. The van der Waals surface area contributed by atoms with Gasteiger partial charge >= 0.3 is 0 Å². The van der Waals surface area contributed by atoms with Gasteiger partial charge in [0.2, 0.25) is 11.9 Å². The van der Waals surface area contributed by atoms with E-state index >= 15 is 0 Å². The van der Waals surface area contributed by atoms with Crippen LogP contribution in [0.15, 0.2) is 24.3 Å². The normalized spacial score (nSPS) is 26.1. The molecule has 9 heteroatoms. The number of nitrogen functional groups attached to an aromatic ring is 1. The van der Waals surface area contributed by atoms with Gasteiger partial charge in [-0.15, -0.1) is 5.10 Å². The number of nitrogens with one attached hydrogen (secondary N) is 1. The van der Waals surface area contributed by atoms with Crippen molar-refractivity contribution < 1.29 is 4.74 Å². The van der Waals surface area contributed by atoms with Crippen molar-refractivity contribution in [3.8, 4) is 0 Å². The molecule has 0 amide bonds. The van der Waals surface area contributed by atoms with Gasteiger partial charge in [0.15, 0.2) is 0 Å². The predicted molar refractivity (Wildman–Crippen MR) is 127 cm³/mol. The number of nitrogens with two attached hydrogens (primary N) is 1. The first-order valence-corrected chi connectivity index (χ1v) is 12.3. The molecule has 0 spiro atoms. The number of likely N-dealkylation sites (tertiary alicyclic amines) is 1. The van der Waals surface area contributed by atoms with E-state index in [0.717, 1.165) is 69.6 Å². The van der Waals surface area contributed by atoms with E-state index < -0.39 is 0 Å². The summed E-state index contributed by atoms with van der Waals surface area (Å²) in [4.78, 5) is 12.0. The van der Waals surface area contributed by atoms with Crippen molar-refractivity contribution in [3.63, 3.8) is 0 Å². The second kappa shape index (κ2) is 9.95. The first-order valence-electron chi connectivity index (χ1n) is 11.9. The number of aromatic amines is 1. The van der Waals surface area contributed by atoms with Crippen LogP contribution in [0.2, 0.25) is 5.02 Å². The number of halogens is 1. The first-order chi connectivity index (χ1) is 15.7. The van der Waals surface area contributed by atoms with Crippen LogP contribution in [0.5, 0.6) is 0 Å². The number of hydrogen-bond donors (Lipinski definition) is 2. The molecule has 4 heterocycles. The fourth-order valence-electron chi connectivity index (χ4n) is 5.64. The number of benzene rings is 1. The molecule has 0 bridgehead atoms. The molecule has 0 saturated carbocycles. The summed E-state index contributed by atoms with van der Waals surface area (Å²) in [6, 6.07) is 10.2. The van der Waals surface area contributed by atoms with Crippen LogP contribution in [0.3, 0.4) is 0 Å². The second-order valence-electron chi connectivity index (χ2n) is 9.29. The number of hydrogen-bond acceptors (Lipinski definition) is 7. The molecule has 0 unspecified atom stereocenters. The monoisotopic (exact) mass is 459 g/mol. The topological polar surface area (TPSA) is 86.5 Å². The van der Waals surface area contributed by atoms with Crippen LogP contribution in [0.25, 0.3) is 0 Å². The SMILES string of the molecule is Nc1nc(N2CCC(N3C[C@H](N4CCOCC4)C[C@@H]3CCc3ccc(Cl)cc3)CC2)n[nH]1. The zero-order chi connectivity index (χ0) is 21.9. The van der Waals surface area contributed by atoms with Gasteiger partial charge in [0, 0.05) is 55.9 Å². The molecule has 3 N–H and O–H groups in total. The van der Waals surface area contributed by atoms with Gasteiger partial charge in [-0.3, -0.25) is 9.80 Å². The highest BCUT2D eigenvalue weighted by Gasteiger charge is 2.40. The lowest BCUT2D eigenvalue weighted by Gasteiger charge is -2.39. The summed E-state index contributed by atoms with van der Waals surface area (Å²) in [6.45, 7) is 6.98. The molecule has 2 aromatic rings. The highest BCUT2D eigenvalue weighted by Crippen LogP contribution is 2.32. The lowest BCUT2D eigenvalue weighted by Crippen LogP contribution is -2.49. The van der Waals surface area contributed by atoms with Crippen molar-refractivity contribution in [2.75, 3.05) is 56.6 Å². The summed E-state index contributed by atoms with van der Waals surface area (Å²) in [5, 5.41) is 7.81. The van der Waals surface area contributed by atoms with E-state index in [4.69, 9.17) is 22.1 Å². The Labute approximate surface area is 195 Å². The van der Waals surface area contributed by atoms with Crippen LogP contribution in [-0.2, 0) is 11.2 Å². The fraction of sp³-hybridized carbons (Fsp3) is 0.652. The number of piperidine rings is 1. The Bertz CT molecular complexity index is 861. The number of anilines is 2. The number of aromatic nitrogens is 3. The molecule has 32 heavy (non-hydrogen) atoms. The van der Waals surface area contributed by atoms with E-state index in [1.165, 1.54) is 24.9 Å². The molecule has 3 aliphatic heterocycles. The molecule has 2 atom stereocenters. The highest BCUT2D eigenvalue weighted by molar-refractivity contribution is 6.30. The summed E-state index contributed by atoms with van der Waals surface area (Å²) in [5.41, 5.74) is 7.10. The van der Waals surface area contributed by atoms with Gasteiger partial charge in [0.05, 0.1) is 13.2 Å². The van der Waals surface area contributed by atoms with Crippen molar-refractivity contribution in [2.24, 2.45) is 0 Å². The predicted octanol–water partition coefficient (Wildman–Crippen LogP) is 2.42. The highest BCUT2D eigenvalue weighted by atomic mass is 35.5. The van der Waals surface area contributed by atoms with Crippen molar-refractivity contribution in [3.05, 3.63) is 34.9 Å². The molecule has 0 radical (unpaired) electrons. The summed E-state index contributed by atoms with van der Waals surface area (Å²) < 4.78 is 5.60. The van der Waals surface area contributed by atoms with E-state index in [1.54, 1.807) is 0 Å². The maximum absolute atomic E-state index is 6.08. The second-order valence-corrected chi connectivity index (χ2v) is 9.73. The zero-order valence-corrected chi connectivity index (χ0v) is 19.4. The summed E-state index contributed by atoms with van der Waals surface area (Å²) in [6.07, 6.45) is 5.83. The van der Waals surface area contributed by atoms with Gasteiger partial charge in [-0.1, -0.05) is 23.7 Å². The van der Waals surface area contributed by atoms with E-state index in [9.17, 15) is 0 Å². The number of rotatable bonds is 6. The Kier molecular flexibility index (Phi) is 6.83. The largest absolute Gasteiger partial charge is 0.379 e. The molecular formula is C23H34ClN7O. The fourth-order valence-corrected chi connectivity index (χ4v) is 5.77. The Morgan fingerprint density at radius 1 is 1.06 bits per heavy atom. The summed E-state index contributed by atoms with van der Waals surface area (Å²) in [5.74, 6) is 1.12. The first kappa shape index (κ1) is 21.9. The lowest BCUT2D eigenvalue weighted by atomic mass is 9.98. The van der Waals surface area contributed by atoms with E-state index in [-0.39, 0.29) is 0 Å². The minimum Gasteiger partial charge on any atom is -0.379 e. The molecule has 3 saturated heterocycles. The Morgan fingerprint density at radius 2 is 1.81 bits per heavy atom. The maximum atomic E-state index is 6.08. The van der Waals surface area contributed by atoms with Crippen LogP contribution < -0.4 is 10.6 Å². The number of H-pyrrole nitrogens is 1. The number of ether oxygens (including phenoxy) is 1. The quantitative estimate of drug-likeness (QED) is 0.685. The maximum Gasteiger partial charge on any atom is 0.246 e. The van der Waals surface area contributed by atoms with Gasteiger partial charge in [-0.2, -0.15) is 4.98 Å². The average molecular weight is 460 g/mol. The Hall–Kier alpha value is -1.87. The van der Waals surface area contributed by atoms with Crippen molar-refractivity contribution in [2.45, 2.75) is 50.2 Å². The smallest absolute Gasteiger partial charge is 0.246 e. The number of aryl methyl sites for hydroxylation is 1. The van der Waals surface area contributed by atoms with Gasteiger partial charge in [0.25, 0.3) is 0 Å². The van der Waals surface area contributed by atoms with E-state index in [1.807, 2.05) is 12.1 Å². The molecule has 0 aliphatic carbocycles. The van der Waals surface area contributed by atoms with Gasteiger partial charge in [-0.25, -0.2) is 5.10 Å². The summed E-state index contributed by atoms with van der Waals surface area (Å²) >= 11 is 6.08. The van der Waals surface area contributed by atoms with Crippen molar-refractivity contribution in [1.29, 1.82) is 0 Å². The van der Waals surface area contributed by atoms with Gasteiger partial charge < -0.3 is 15.4 Å². The Morgan fingerprint density at radius 3 is 2.50 bits per heavy atom. The van der Waals surface area contributed by atoms with Gasteiger partial charge in [-0.05, 0) is 49.8 Å². The summed E-state index contributed by atoms with van der Waals surface area (Å²) in [7, 11) is 0. The standard InChI is InChI=1S/C23H34ClN7O/c24-18-4-1-17(2-5-18)3-6-20-15-21(29-11-13-32-14-12-29)16-31(20)19-7-9-30(10-8-19)23-26-22(25)27-28-23/h1-2,4-5,19-21H,3,6-16H2,(H3,25,26,27,28)/t20-,21+/m0/s1. The van der Waals surface area contributed by atoms with E-state index in [0.29, 0.717) is 24.1 Å². The molecule has 5 rings (SSSR count). The van der Waals surface area contributed by atoms with E-state index in [2.05, 4.69) is 42.0 Å². The van der Waals surface area contributed by atoms with Crippen LogP contribution >= 0.6 is 11.6 Å². The molecule has 8 nitrogen and oxygen atoms in total. The Balaban J connectivity index is 1.23. The lowest BCUT2D eigenvalue weighted by molar-refractivity contribution is 0.0173. The molecule has 3 aliphatic rings. The van der Waals surface area contributed by atoms with Crippen LogP contribution in [0, 0.1) is 0 Å². The molecule has 174 valence electrons. The minimum absolute atomic E-state index is 0.386. The van der Waals surface area contributed by atoms with Crippen LogP contribution in [0.4, 0.5) is 11.9 Å². The average Bonchev–Trinajstić information content (AvgIpc) is 3.46. The van der Waals surface area contributed by atoms with Crippen LogP contribution in [-0.4, -0.2) is 89.0 Å².